The van der Waals surface area contributed by atoms with Crippen LogP contribution in [0.4, 0.5) is 4.79 Å². The third-order valence-corrected chi connectivity index (χ3v) is 2.03. The topological polar surface area (TPSA) is 87.7 Å². The first-order valence-electron chi connectivity index (χ1n) is 5.11. The summed E-state index contributed by atoms with van der Waals surface area (Å²) in [5, 5.41) is 10.7. The molecule has 0 heterocycles. The fraction of sp³-hybridized carbons (Fsp3) is 0.273. The molecule has 0 saturated carbocycles. The zero-order valence-electron chi connectivity index (χ0n) is 9.34. The number of nitrogens with one attached hydrogen (secondary N) is 2. The van der Waals surface area contributed by atoms with E-state index in [4.69, 9.17) is 9.94 Å². The molecule has 3 N–H and O–H groups in total. The molecule has 1 aromatic carbocycles. The van der Waals surface area contributed by atoms with Gasteiger partial charge < -0.3 is 10.1 Å². The molecule has 2 amide bonds. The van der Waals surface area contributed by atoms with Crippen molar-refractivity contribution in [3.05, 3.63) is 35.9 Å². The van der Waals surface area contributed by atoms with Crippen LogP contribution in [-0.4, -0.2) is 23.8 Å². The van der Waals surface area contributed by atoms with Crippen LogP contribution in [0.5, 0.6) is 0 Å². The number of carbonyl (C=O) groups excluding carboxylic acids is 2. The van der Waals surface area contributed by atoms with Crippen LogP contribution in [0.3, 0.4) is 0 Å². The molecule has 0 aliphatic carbocycles. The Hall–Kier alpha value is -2.08. The van der Waals surface area contributed by atoms with Gasteiger partial charge in [0.05, 0.1) is 6.61 Å². The summed E-state index contributed by atoms with van der Waals surface area (Å²) in [4.78, 5) is 22.7. The quantitative estimate of drug-likeness (QED) is 0.414. The summed E-state index contributed by atoms with van der Waals surface area (Å²) in [6.07, 6.45) is 0. The molecule has 0 aromatic heterocycles. The summed E-state index contributed by atoms with van der Waals surface area (Å²) in [5.41, 5.74) is 1.98. The van der Waals surface area contributed by atoms with Crippen molar-refractivity contribution in [2.24, 2.45) is 0 Å². The smallest absolute Gasteiger partial charge is 0.339 e. The zero-order valence-corrected chi connectivity index (χ0v) is 9.34. The maximum Gasteiger partial charge on any atom is 0.339 e. The van der Waals surface area contributed by atoms with Gasteiger partial charge in [-0.2, -0.15) is 0 Å². The third-order valence-electron chi connectivity index (χ3n) is 2.03. The first-order valence-corrected chi connectivity index (χ1v) is 5.11. The average Bonchev–Trinajstić information content (AvgIpc) is 2.36. The highest BCUT2D eigenvalue weighted by atomic mass is 16.5. The lowest BCUT2D eigenvalue weighted by Crippen LogP contribution is -2.40. The minimum absolute atomic E-state index is 0.213. The summed E-state index contributed by atoms with van der Waals surface area (Å²) in [6, 6.07) is 6.81. The van der Waals surface area contributed by atoms with Crippen LogP contribution in [0.2, 0.25) is 0 Å². The molecule has 0 bridgehead atoms. The lowest BCUT2D eigenvalue weighted by Gasteiger charge is -2.16. The van der Waals surface area contributed by atoms with Crippen molar-refractivity contribution in [1.82, 2.24) is 10.8 Å². The molecule has 0 aliphatic rings. The van der Waals surface area contributed by atoms with Crippen molar-refractivity contribution >= 4 is 12.0 Å². The highest BCUT2D eigenvalue weighted by molar-refractivity contribution is 5.84. The summed E-state index contributed by atoms with van der Waals surface area (Å²) < 4.78 is 4.84. The van der Waals surface area contributed by atoms with Gasteiger partial charge in [0, 0.05) is 0 Å². The van der Waals surface area contributed by atoms with Crippen molar-refractivity contribution in [1.29, 1.82) is 0 Å². The summed E-state index contributed by atoms with van der Waals surface area (Å²) in [7, 11) is 0. The fourth-order valence-corrected chi connectivity index (χ4v) is 1.31. The van der Waals surface area contributed by atoms with E-state index in [2.05, 4.69) is 5.32 Å². The summed E-state index contributed by atoms with van der Waals surface area (Å²) in [5.74, 6) is -0.581. The third kappa shape index (κ3) is 3.76. The molecule has 17 heavy (non-hydrogen) atoms. The molecular formula is C11H14N2O4. The Labute approximate surface area is 98.5 Å². The van der Waals surface area contributed by atoms with E-state index in [0.29, 0.717) is 5.56 Å². The van der Waals surface area contributed by atoms with Crippen molar-refractivity contribution in [2.45, 2.75) is 13.0 Å². The lowest BCUT2D eigenvalue weighted by molar-refractivity contribution is -0.145. The van der Waals surface area contributed by atoms with Gasteiger partial charge >= 0.3 is 12.0 Å². The van der Waals surface area contributed by atoms with Crippen LogP contribution in [0, 0.1) is 0 Å². The van der Waals surface area contributed by atoms with E-state index >= 15 is 0 Å². The maximum absolute atomic E-state index is 11.6. The molecule has 1 aromatic rings. The number of hydroxylamine groups is 1. The predicted octanol–water partition coefficient (Wildman–Crippen LogP) is 0.979. The van der Waals surface area contributed by atoms with E-state index in [1.165, 1.54) is 5.48 Å². The van der Waals surface area contributed by atoms with E-state index in [0.717, 1.165) is 0 Å². The van der Waals surface area contributed by atoms with E-state index in [1.807, 2.05) is 0 Å². The van der Waals surface area contributed by atoms with Gasteiger partial charge in [-0.25, -0.2) is 15.1 Å². The van der Waals surface area contributed by atoms with Crippen molar-refractivity contribution in [3.8, 4) is 0 Å². The van der Waals surface area contributed by atoms with Gasteiger partial charge in [0.15, 0.2) is 6.04 Å². The molecule has 6 nitrogen and oxygen atoms in total. The van der Waals surface area contributed by atoms with E-state index < -0.39 is 18.0 Å². The number of benzene rings is 1. The number of esters is 1. The van der Waals surface area contributed by atoms with Gasteiger partial charge in [-0.1, -0.05) is 30.3 Å². The molecule has 0 radical (unpaired) electrons. The Morgan fingerprint density at radius 3 is 2.53 bits per heavy atom. The van der Waals surface area contributed by atoms with Crippen molar-refractivity contribution in [2.75, 3.05) is 6.61 Å². The Balaban J connectivity index is 2.86. The minimum Gasteiger partial charge on any atom is -0.464 e. The zero-order chi connectivity index (χ0) is 12.7. The first kappa shape index (κ1) is 13.0. The van der Waals surface area contributed by atoms with Crippen molar-refractivity contribution in [3.63, 3.8) is 0 Å². The molecular weight excluding hydrogens is 224 g/mol. The Morgan fingerprint density at radius 2 is 2.00 bits per heavy atom. The maximum atomic E-state index is 11.6. The van der Waals surface area contributed by atoms with Gasteiger partial charge in [0.1, 0.15) is 0 Å². The largest absolute Gasteiger partial charge is 0.464 e. The standard InChI is InChI=1S/C11H14N2O4/c1-2-17-10(14)9(12-11(15)13-16)8-6-4-3-5-7-8/h3-7,9,16H,2H2,1H3,(H2,12,13,15)/t9-/m1/s1. The summed E-state index contributed by atoms with van der Waals surface area (Å²) >= 11 is 0. The highest BCUT2D eigenvalue weighted by Gasteiger charge is 2.23. The average molecular weight is 238 g/mol. The van der Waals surface area contributed by atoms with Gasteiger partial charge in [-0.05, 0) is 12.5 Å². The number of rotatable bonds is 4. The molecule has 1 atom stereocenters. The van der Waals surface area contributed by atoms with Crippen LogP contribution >= 0.6 is 0 Å². The normalized spacial score (nSPS) is 11.4. The van der Waals surface area contributed by atoms with Crippen LogP contribution in [0.25, 0.3) is 0 Å². The number of urea groups is 1. The minimum atomic E-state index is -0.941. The van der Waals surface area contributed by atoms with Crippen LogP contribution in [-0.2, 0) is 9.53 Å². The number of amides is 2. The molecule has 1 rings (SSSR count). The molecule has 0 saturated heterocycles. The van der Waals surface area contributed by atoms with Gasteiger partial charge in [-0.15, -0.1) is 0 Å². The monoisotopic (exact) mass is 238 g/mol. The first-order chi connectivity index (χ1) is 8.19. The Kier molecular flexibility index (Phi) is 4.96. The molecule has 0 unspecified atom stereocenters. The highest BCUT2D eigenvalue weighted by Crippen LogP contribution is 2.14. The second-order valence-electron chi connectivity index (χ2n) is 3.18. The molecule has 6 heteroatoms. The Bertz CT molecular complexity index is 380. The van der Waals surface area contributed by atoms with Crippen LogP contribution in [0.1, 0.15) is 18.5 Å². The Morgan fingerprint density at radius 1 is 1.35 bits per heavy atom. The number of carbonyl (C=O) groups is 2. The summed E-state index contributed by atoms with van der Waals surface area (Å²) in [6.45, 7) is 1.89. The lowest BCUT2D eigenvalue weighted by atomic mass is 10.1. The molecule has 92 valence electrons. The molecule has 0 spiro atoms. The van der Waals surface area contributed by atoms with Gasteiger partial charge in [0.25, 0.3) is 0 Å². The van der Waals surface area contributed by atoms with Crippen LogP contribution in [0.15, 0.2) is 30.3 Å². The van der Waals surface area contributed by atoms with Crippen molar-refractivity contribution < 1.29 is 19.5 Å². The van der Waals surface area contributed by atoms with Gasteiger partial charge in [-0.3, -0.25) is 5.21 Å². The predicted molar refractivity (Wildman–Crippen MR) is 59.3 cm³/mol. The number of hydrogen-bond acceptors (Lipinski definition) is 4. The second-order valence-corrected chi connectivity index (χ2v) is 3.18. The second kappa shape index (κ2) is 6.49. The molecule has 0 aliphatic heterocycles. The number of hydrogen-bond donors (Lipinski definition) is 3. The van der Waals surface area contributed by atoms with Crippen LogP contribution < -0.4 is 10.8 Å². The fourth-order valence-electron chi connectivity index (χ4n) is 1.31. The van der Waals surface area contributed by atoms with E-state index in [1.54, 1.807) is 37.3 Å². The van der Waals surface area contributed by atoms with E-state index in [-0.39, 0.29) is 6.61 Å². The van der Waals surface area contributed by atoms with Gasteiger partial charge in [0.2, 0.25) is 0 Å². The molecule has 0 fully saturated rings. The SMILES string of the molecule is CCOC(=O)[C@H](NC(=O)NO)c1ccccc1. The van der Waals surface area contributed by atoms with E-state index in [9.17, 15) is 9.59 Å². The number of ether oxygens (including phenoxy) is 1.